The lowest BCUT2D eigenvalue weighted by Crippen LogP contribution is -2.53. The van der Waals surface area contributed by atoms with Gasteiger partial charge in [0.1, 0.15) is 11.4 Å². The maximum Gasteiger partial charge on any atom is 0.410 e. The minimum Gasteiger partial charge on any atom is -0.444 e. The van der Waals surface area contributed by atoms with Gasteiger partial charge >= 0.3 is 6.09 Å². The van der Waals surface area contributed by atoms with Crippen LogP contribution in [0.25, 0.3) is 0 Å². The molecule has 8 nitrogen and oxygen atoms in total. The van der Waals surface area contributed by atoms with Gasteiger partial charge in [-0.15, -0.1) is 0 Å². The summed E-state index contributed by atoms with van der Waals surface area (Å²) >= 11 is 12.2. The monoisotopic (exact) mass is 621 g/mol. The first-order valence-electron chi connectivity index (χ1n) is 12.8. The molecule has 1 unspecified atom stereocenters. The number of benzene rings is 3. The zero-order valence-corrected chi connectivity index (χ0v) is 25.3. The summed E-state index contributed by atoms with van der Waals surface area (Å²) in [6, 6.07) is 14.2. The second-order valence-electron chi connectivity index (χ2n) is 10.7. The number of nitrogens with one attached hydrogen (secondary N) is 1. The average Bonchev–Trinajstić information content (AvgIpc) is 2.89. The molecule has 1 aliphatic heterocycles. The third-order valence-electron chi connectivity index (χ3n) is 6.42. The number of piperazine rings is 1. The molecule has 41 heavy (non-hydrogen) atoms. The van der Waals surface area contributed by atoms with Crippen LogP contribution < -0.4 is 4.72 Å². The van der Waals surface area contributed by atoms with Crippen LogP contribution in [0.15, 0.2) is 65.6 Å². The van der Waals surface area contributed by atoms with E-state index >= 15 is 0 Å². The highest BCUT2D eigenvalue weighted by Gasteiger charge is 2.36. The first kappa shape index (κ1) is 30.6. The fourth-order valence-electron chi connectivity index (χ4n) is 4.48. The van der Waals surface area contributed by atoms with Gasteiger partial charge in [0.05, 0.1) is 16.6 Å². The van der Waals surface area contributed by atoms with Crippen molar-refractivity contribution in [3.63, 3.8) is 0 Å². The Hall–Kier alpha value is -3.34. The molecule has 218 valence electrons. The molecule has 1 N–H and O–H groups in total. The van der Waals surface area contributed by atoms with E-state index in [0.29, 0.717) is 16.1 Å². The van der Waals surface area contributed by atoms with E-state index in [0.717, 1.165) is 6.07 Å². The second-order valence-corrected chi connectivity index (χ2v) is 13.2. The fourth-order valence-corrected chi connectivity index (χ4v) is 6.18. The van der Waals surface area contributed by atoms with Crippen LogP contribution in [0, 0.1) is 12.7 Å². The SMILES string of the molecule is Cc1ccc(C(=O)N2CCN(C(=O)OC(C)(C)C)CC2c2cccc(Cl)c2)cc1S(=O)(=O)Nc1cc(Cl)ccc1F. The topological polar surface area (TPSA) is 96.0 Å². The molecule has 3 aromatic carbocycles. The molecule has 0 radical (unpaired) electrons. The molecule has 12 heteroatoms. The van der Waals surface area contributed by atoms with Crippen LogP contribution in [0.1, 0.15) is 48.3 Å². The summed E-state index contributed by atoms with van der Waals surface area (Å²) in [4.78, 5) is 29.7. The number of amides is 2. The van der Waals surface area contributed by atoms with E-state index in [9.17, 15) is 22.4 Å². The lowest BCUT2D eigenvalue weighted by Gasteiger charge is -2.42. The van der Waals surface area contributed by atoms with Crippen molar-refractivity contribution in [1.82, 2.24) is 9.80 Å². The number of ether oxygens (including phenoxy) is 1. The molecular formula is C29H30Cl2FN3O5S. The number of sulfonamides is 1. The van der Waals surface area contributed by atoms with Crippen molar-refractivity contribution >= 4 is 50.9 Å². The minimum absolute atomic E-state index is 0.111. The van der Waals surface area contributed by atoms with Gasteiger partial charge in [-0.05, 0) is 81.3 Å². The minimum atomic E-state index is -4.28. The molecule has 1 aliphatic rings. The van der Waals surface area contributed by atoms with Crippen LogP contribution in [0.2, 0.25) is 10.0 Å². The van der Waals surface area contributed by atoms with E-state index in [4.69, 9.17) is 27.9 Å². The highest BCUT2D eigenvalue weighted by molar-refractivity contribution is 7.92. The number of rotatable bonds is 5. The molecule has 0 aromatic heterocycles. The lowest BCUT2D eigenvalue weighted by atomic mass is 10.0. The molecule has 1 fully saturated rings. The second kappa shape index (κ2) is 11.9. The Morgan fingerprint density at radius 3 is 2.39 bits per heavy atom. The molecule has 1 atom stereocenters. The Balaban J connectivity index is 1.66. The summed E-state index contributed by atoms with van der Waals surface area (Å²) in [6.45, 7) is 7.42. The van der Waals surface area contributed by atoms with E-state index in [1.54, 1.807) is 50.8 Å². The molecule has 0 spiro atoms. The van der Waals surface area contributed by atoms with Gasteiger partial charge < -0.3 is 14.5 Å². The maximum absolute atomic E-state index is 14.3. The predicted molar refractivity (Wildman–Crippen MR) is 156 cm³/mol. The summed E-state index contributed by atoms with van der Waals surface area (Å²) in [6.07, 6.45) is -0.500. The Kier molecular flexibility index (Phi) is 8.87. The predicted octanol–water partition coefficient (Wildman–Crippen LogP) is 6.68. The van der Waals surface area contributed by atoms with Crippen molar-refractivity contribution in [2.75, 3.05) is 24.4 Å². The fraction of sp³-hybridized carbons (Fsp3) is 0.310. The molecule has 1 heterocycles. The van der Waals surface area contributed by atoms with E-state index in [1.807, 2.05) is 6.07 Å². The van der Waals surface area contributed by atoms with Crippen molar-refractivity contribution in [3.05, 3.63) is 93.2 Å². The van der Waals surface area contributed by atoms with Crippen LogP contribution in [0.5, 0.6) is 0 Å². The van der Waals surface area contributed by atoms with E-state index in [1.165, 1.54) is 35.2 Å². The Morgan fingerprint density at radius 1 is 1.00 bits per heavy atom. The maximum atomic E-state index is 14.3. The molecule has 0 saturated carbocycles. The third kappa shape index (κ3) is 7.30. The summed E-state index contributed by atoms with van der Waals surface area (Å²) in [7, 11) is -4.28. The molecule has 0 aliphatic carbocycles. The summed E-state index contributed by atoms with van der Waals surface area (Å²) < 4.78 is 48.6. The van der Waals surface area contributed by atoms with Gasteiger partial charge in [-0.25, -0.2) is 17.6 Å². The first-order valence-corrected chi connectivity index (χ1v) is 15.0. The molecule has 2 amide bonds. The largest absolute Gasteiger partial charge is 0.444 e. The molecular weight excluding hydrogens is 592 g/mol. The quantitative estimate of drug-likeness (QED) is 0.343. The van der Waals surface area contributed by atoms with Gasteiger partial charge in [0.2, 0.25) is 0 Å². The highest BCUT2D eigenvalue weighted by Crippen LogP contribution is 2.31. The van der Waals surface area contributed by atoms with E-state index in [-0.39, 0.29) is 40.8 Å². The number of carbonyl (C=O) groups excluding carboxylic acids is 2. The molecule has 1 saturated heterocycles. The van der Waals surface area contributed by atoms with Gasteiger partial charge in [0.25, 0.3) is 15.9 Å². The number of halogens is 3. The van der Waals surface area contributed by atoms with E-state index < -0.39 is 39.5 Å². The number of anilines is 1. The highest BCUT2D eigenvalue weighted by atomic mass is 35.5. The summed E-state index contributed by atoms with van der Waals surface area (Å²) in [5, 5.41) is 0.620. The van der Waals surface area contributed by atoms with Crippen molar-refractivity contribution in [3.8, 4) is 0 Å². The van der Waals surface area contributed by atoms with Crippen molar-refractivity contribution in [2.24, 2.45) is 0 Å². The van der Waals surface area contributed by atoms with Gasteiger partial charge in [0.15, 0.2) is 0 Å². The number of hydrogen-bond acceptors (Lipinski definition) is 5. The smallest absolute Gasteiger partial charge is 0.410 e. The van der Waals surface area contributed by atoms with Crippen LogP contribution >= 0.6 is 23.2 Å². The van der Waals surface area contributed by atoms with Crippen LogP contribution in [-0.2, 0) is 14.8 Å². The third-order valence-corrected chi connectivity index (χ3v) is 8.40. The molecule has 4 rings (SSSR count). The lowest BCUT2D eigenvalue weighted by molar-refractivity contribution is 0.00407. The Morgan fingerprint density at radius 2 is 1.71 bits per heavy atom. The average molecular weight is 623 g/mol. The van der Waals surface area contributed by atoms with Gasteiger partial charge in [-0.3, -0.25) is 9.52 Å². The van der Waals surface area contributed by atoms with E-state index in [2.05, 4.69) is 4.72 Å². The zero-order chi connectivity index (χ0) is 30.1. The van der Waals surface area contributed by atoms with Crippen LogP contribution in [-0.4, -0.2) is 55.5 Å². The van der Waals surface area contributed by atoms with Crippen molar-refractivity contribution < 1.29 is 27.1 Å². The number of carbonyl (C=O) groups is 2. The number of nitrogens with zero attached hydrogens (tertiary/aromatic N) is 2. The standard InChI is InChI=1S/C29H30Cl2FN3O5S/c1-18-8-9-20(15-26(18)41(38,39)33-24-16-22(31)10-11-23(24)32)27(36)35-13-12-34(28(37)40-29(2,3)4)17-25(35)19-6-5-7-21(30)14-19/h5-11,14-16,25,33H,12-13,17H2,1-4H3. The molecule has 3 aromatic rings. The van der Waals surface area contributed by atoms with Gasteiger partial charge in [-0.1, -0.05) is 41.4 Å². The first-order chi connectivity index (χ1) is 19.1. The van der Waals surface area contributed by atoms with Crippen LogP contribution in [0.3, 0.4) is 0 Å². The summed E-state index contributed by atoms with van der Waals surface area (Å²) in [5.74, 6) is -1.24. The molecule has 0 bridgehead atoms. The van der Waals surface area contributed by atoms with Crippen molar-refractivity contribution in [1.29, 1.82) is 0 Å². The van der Waals surface area contributed by atoms with Crippen molar-refractivity contribution in [2.45, 2.75) is 44.2 Å². The Labute approximate surface area is 249 Å². The Bertz CT molecular complexity index is 1590. The number of aryl methyl sites for hydroxylation is 1. The summed E-state index contributed by atoms with van der Waals surface area (Å²) in [5.41, 5.74) is 0.171. The van der Waals surface area contributed by atoms with Gasteiger partial charge in [0, 0.05) is 35.2 Å². The number of hydrogen-bond donors (Lipinski definition) is 1. The normalized spacial score (nSPS) is 15.9. The van der Waals surface area contributed by atoms with Crippen LogP contribution in [0.4, 0.5) is 14.9 Å². The zero-order valence-electron chi connectivity index (χ0n) is 22.9. The van der Waals surface area contributed by atoms with Gasteiger partial charge in [-0.2, -0.15) is 0 Å².